The number of rotatable bonds is 7. The van der Waals surface area contributed by atoms with Gasteiger partial charge >= 0.3 is 0 Å². The molecule has 2 unspecified atom stereocenters. The fourth-order valence-corrected chi connectivity index (χ4v) is 18.5. The second-order valence-electron chi connectivity index (χ2n) is 30.2. The standard InChI is InChI=1S/C86H84BN5/c1-85(2,3)57-41-47-78(68(49-57)55-25-10-7-11-26-55)91-80-51-59(88-72-36-20-16-30-63(72)64-31-17-21-37-73(64)88)43-45-70(80)87-71-46-44-60(89-74-38-22-18-33-66(74)67-34-24-40-77(67)89)52-81(71)92(79-48-42-58(86(4,5)6)50-69(79)56-27-12-8-13-28-56)83-54-61(53-82(91)84(83)87)90-75-35-15-9-14-29-62(75)65-32-19-23-39-76(65)90/h7-8,10-13,18-19,22-23,25-28,32-33,38-39,41-54,62,75H,9,14-17,20-21,24,29-31,34-37,40H2,1-6H3. The average molecular weight is 1200 g/mol. The molecular formula is C86H84BN5. The van der Waals surface area contributed by atoms with Crippen molar-refractivity contribution >= 4 is 79.5 Å². The van der Waals surface area contributed by atoms with Crippen molar-refractivity contribution in [2.75, 3.05) is 14.7 Å². The third-order valence-electron chi connectivity index (χ3n) is 22.8. The Morgan fingerprint density at radius 3 is 1.48 bits per heavy atom. The molecule has 3 aliphatic heterocycles. The summed E-state index contributed by atoms with van der Waals surface area (Å²) in [4.78, 5) is 8.40. The lowest BCUT2D eigenvalue weighted by atomic mass is 9.33. The molecule has 92 heavy (non-hydrogen) atoms. The number of hydrogen-bond acceptors (Lipinski definition) is 3. The molecule has 5 nitrogen and oxygen atoms in total. The summed E-state index contributed by atoms with van der Waals surface area (Å²) in [6, 6.07) is 77.5. The Bertz CT molecular complexity index is 4740. The molecule has 456 valence electrons. The monoisotopic (exact) mass is 1200 g/mol. The number of aromatic nitrogens is 2. The minimum Gasteiger partial charge on any atom is -0.337 e. The van der Waals surface area contributed by atoms with Crippen LogP contribution in [0.25, 0.3) is 44.5 Å². The van der Waals surface area contributed by atoms with Crippen molar-refractivity contribution in [1.82, 2.24) is 9.13 Å². The van der Waals surface area contributed by atoms with Crippen LogP contribution in [0.2, 0.25) is 0 Å². The number of para-hydroxylation sites is 2. The van der Waals surface area contributed by atoms with E-state index in [4.69, 9.17) is 0 Å². The van der Waals surface area contributed by atoms with Crippen molar-refractivity contribution in [2.45, 2.75) is 167 Å². The average Bonchev–Trinajstić information content (AvgIpc) is 0.814. The lowest BCUT2D eigenvalue weighted by Crippen LogP contribution is -2.61. The van der Waals surface area contributed by atoms with Crippen molar-refractivity contribution in [3.05, 3.63) is 245 Å². The Morgan fingerprint density at radius 2 is 0.870 bits per heavy atom. The molecule has 0 amide bonds. The van der Waals surface area contributed by atoms with Crippen LogP contribution in [0.3, 0.4) is 0 Å². The van der Waals surface area contributed by atoms with Crippen LogP contribution in [0.1, 0.15) is 162 Å². The summed E-state index contributed by atoms with van der Waals surface area (Å²) in [5.41, 5.74) is 36.5. The van der Waals surface area contributed by atoms with E-state index < -0.39 is 0 Å². The zero-order valence-electron chi connectivity index (χ0n) is 54.8. The van der Waals surface area contributed by atoms with E-state index in [0.29, 0.717) is 12.0 Å². The Morgan fingerprint density at radius 1 is 0.370 bits per heavy atom. The topological polar surface area (TPSA) is 19.6 Å². The maximum Gasteiger partial charge on any atom is 0.252 e. The summed E-state index contributed by atoms with van der Waals surface area (Å²) < 4.78 is 5.44. The predicted octanol–water partition coefficient (Wildman–Crippen LogP) is 20.2. The highest BCUT2D eigenvalue weighted by Crippen LogP contribution is 2.56. The fraction of sp³-hybridized carbons (Fsp3) is 0.302. The summed E-state index contributed by atoms with van der Waals surface area (Å²) in [6.45, 7) is 14.1. The summed E-state index contributed by atoms with van der Waals surface area (Å²) in [5, 5.41) is 1.40. The normalized spacial score (nSPS) is 18.0. The van der Waals surface area contributed by atoms with E-state index in [9.17, 15) is 0 Å². The van der Waals surface area contributed by atoms with Gasteiger partial charge in [0.25, 0.3) is 6.71 Å². The van der Waals surface area contributed by atoms with Crippen molar-refractivity contribution in [3.63, 3.8) is 0 Å². The first kappa shape index (κ1) is 56.1. The molecular weight excluding hydrogens is 1110 g/mol. The van der Waals surface area contributed by atoms with Gasteiger partial charge in [-0.05, 0) is 228 Å². The predicted molar refractivity (Wildman–Crippen MR) is 388 cm³/mol. The second kappa shape index (κ2) is 21.4. The van der Waals surface area contributed by atoms with Crippen molar-refractivity contribution < 1.29 is 0 Å². The SMILES string of the molecule is CC(C)(C)c1ccc(N2c3cc(-n4c5c(c6c4CCCC6)CCCC5)ccc3B3c4ccc(-n5c6c(c7ccccc75)CCC6)cc4N(c4ccc(C(C)(C)C)cc4-c4ccccc4)c4cc(N5c6ccccc6C6CCCCCC65)cc2c43)c(-c2ccccc2)c1. The van der Waals surface area contributed by atoms with Crippen LogP contribution in [-0.4, -0.2) is 21.9 Å². The molecule has 2 atom stereocenters. The molecule has 0 saturated heterocycles. The largest absolute Gasteiger partial charge is 0.337 e. The van der Waals surface area contributed by atoms with E-state index >= 15 is 0 Å². The second-order valence-corrected chi connectivity index (χ2v) is 30.2. The van der Waals surface area contributed by atoms with E-state index in [1.165, 1.54) is 211 Å². The van der Waals surface area contributed by atoms with Gasteiger partial charge in [-0.1, -0.05) is 182 Å². The first-order chi connectivity index (χ1) is 44.9. The van der Waals surface area contributed by atoms with E-state index in [2.05, 4.69) is 260 Å². The Hall–Kier alpha value is -8.74. The van der Waals surface area contributed by atoms with Gasteiger partial charge in [-0.2, -0.15) is 0 Å². The first-order valence-corrected chi connectivity index (χ1v) is 35.1. The van der Waals surface area contributed by atoms with Gasteiger partial charge in [0.1, 0.15) is 0 Å². The highest BCUT2D eigenvalue weighted by Gasteiger charge is 2.47. The molecule has 11 aromatic rings. The molecule has 4 aliphatic carbocycles. The van der Waals surface area contributed by atoms with Gasteiger partial charge in [0.15, 0.2) is 0 Å². The van der Waals surface area contributed by atoms with Gasteiger partial charge in [0.05, 0.1) is 16.9 Å². The molecule has 5 heterocycles. The van der Waals surface area contributed by atoms with E-state index in [0.717, 1.165) is 25.7 Å². The van der Waals surface area contributed by atoms with Crippen LogP contribution in [0.5, 0.6) is 0 Å². The van der Waals surface area contributed by atoms with Crippen LogP contribution in [0.4, 0.5) is 45.5 Å². The van der Waals surface area contributed by atoms with Crippen molar-refractivity contribution in [2.24, 2.45) is 0 Å². The highest BCUT2D eigenvalue weighted by atomic mass is 15.2. The molecule has 6 heteroatoms. The Labute approximate surface area is 545 Å². The number of nitrogens with zero attached hydrogens (tertiary/aromatic N) is 5. The van der Waals surface area contributed by atoms with Crippen molar-refractivity contribution in [1.29, 1.82) is 0 Å². The third kappa shape index (κ3) is 8.70. The number of fused-ring (bicyclic) bond motifs is 13. The van der Waals surface area contributed by atoms with Gasteiger partial charge in [-0.3, -0.25) is 0 Å². The molecule has 0 N–H and O–H groups in total. The van der Waals surface area contributed by atoms with Crippen LogP contribution >= 0.6 is 0 Å². The van der Waals surface area contributed by atoms with Crippen LogP contribution in [0.15, 0.2) is 194 Å². The lowest BCUT2D eigenvalue weighted by Gasteiger charge is -2.46. The molecule has 7 aliphatic rings. The third-order valence-corrected chi connectivity index (χ3v) is 22.8. The molecule has 1 fully saturated rings. The van der Waals surface area contributed by atoms with Crippen LogP contribution in [-0.2, 0) is 49.4 Å². The Balaban J connectivity index is 0.990. The summed E-state index contributed by atoms with van der Waals surface area (Å²) in [7, 11) is 0. The van der Waals surface area contributed by atoms with Gasteiger partial charge in [0.2, 0.25) is 0 Å². The lowest BCUT2D eigenvalue weighted by molar-refractivity contribution is 0.529. The van der Waals surface area contributed by atoms with Gasteiger partial charge in [-0.15, -0.1) is 0 Å². The van der Waals surface area contributed by atoms with E-state index in [1.807, 2.05) is 0 Å². The number of hydrogen-bond donors (Lipinski definition) is 0. The van der Waals surface area contributed by atoms with Crippen LogP contribution in [0, 0.1) is 0 Å². The molecule has 0 radical (unpaired) electrons. The molecule has 18 rings (SSSR count). The quantitative estimate of drug-likeness (QED) is 0.148. The van der Waals surface area contributed by atoms with Crippen molar-refractivity contribution in [3.8, 4) is 33.6 Å². The fourth-order valence-electron chi connectivity index (χ4n) is 18.5. The molecule has 9 aromatic carbocycles. The number of anilines is 8. The molecule has 1 saturated carbocycles. The number of aryl methyl sites for hydroxylation is 1. The summed E-state index contributed by atoms with van der Waals surface area (Å²) in [5.74, 6) is 0.466. The highest BCUT2D eigenvalue weighted by molar-refractivity contribution is 7.00. The summed E-state index contributed by atoms with van der Waals surface area (Å²) in [6.07, 6.45) is 19.3. The molecule has 0 bridgehead atoms. The van der Waals surface area contributed by atoms with Crippen LogP contribution < -0.4 is 31.1 Å². The molecule has 0 spiro atoms. The zero-order chi connectivity index (χ0) is 61.7. The molecule has 2 aromatic heterocycles. The van der Waals surface area contributed by atoms with Gasteiger partial charge in [0, 0.05) is 91.1 Å². The summed E-state index contributed by atoms with van der Waals surface area (Å²) >= 11 is 0. The smallest absolute Gasteiger partial charge is 0.252 e. The Kier molecular flexibility index (Phi) is 13.0. The maximum atomic E-state index is 2.85. The van der Waals surface area contributed by atoms with E-state index in [-0.39, 0.29) is 17.5 Å². The van der Waals surface area contributed by atoms with E-state index in [1.54, 1.807) is 22.5 Å². The minimum atomic E-state index is -0.0891. The van der Waals surface area contributed by atoms with Gasteiger partial charge in [-0.25, -0.2) is 0 Å². The minimum absolute atomic E-state index is 0.0701. The number of benzene rings is 9. The maximum absolute atomic E-state index is 2.85. The van der Waals surface area contributed by atoms with Gasteiger partial charge < -0.3 is 23.8 Å². The zero-order valence-corrected chi connectivity index (χ0v) is 54.8. The first-order valence-electron chi connectivity index (χ1n) is 35.1.